The fourth-order valence-corrected chi connectivity index (χ4v) is 2.92. The fourth-order valence-electron chi connectivity index (χ4n) is 2.92. The summed E-state index contributed by atoms with van der Waals surface area (Å²) in [5.74, 6) is 0. The minimum Gasteiger partial charge on any atom is -0.393 e. The molecule has 2 fully saturated rings. The fraction of sp³-hybridized carbons (Fsp3) is 1.00. The van der Waals surface area contributed by atoms with Crippen LogP contribution in [0.1, 0.15) is 52.4 Å². The standard InChI is InChI=1S/C13H25NO/c1-13(2)7-9-14(10-8-13)11-3-5-12(15)6-4-11/h11-12,15H,3-10H2,1-2H3. The molecule has 1 aliphatic carbocycles. The van der Waals surface area contributed by atoms with E-state index in [1.807, 2.05) is 0 Å². The molecule has 1 saturated carbocycles. The maximum atomic E-state index is 9.49. The summed E-state index contributed by atoms with van der Waals surface area (Å²) in [6, 6.07) is 0.768. The van der Waals surface area contributed by atoms with E-state index in [0.29, 0.717) is 5.41 Å². The van der Waals surface area contributed by atoms with Crippen LogP contribution >= 0.6 is 0 Å². The first-order valence-corrected chi connectivity index (χ1v) is 6.49. The highest BCUT2D eigenvalue weighted by molar-refractivity contribution is 4.85. The predicted octanol–water partition coefficient (Wildman–Crippen LogP) is 2.41. The lowest BCUT2D eigenvalue weighted by Crippen LogP contribution is -2.45. The first kappa shape index (κ1) is 11.4. The normalized spacial score (nSPS) is 37.8. The molecule has 0 aromatic carbocycles. The number of nitrogens with zero attached hydrogens (tertiary/aromatic N) is 1. The van der Waals surface area contributed by atoms with Crippen molar-refractivity contribution in [3.63, 3.8) is 0 Å². The van der Waals surface area contributed by atoms with Crippen LogP contribution in [0.15, 0.2) is 0 Å². The van der Waals surface area contributed by atoms with Gasteiger partial charge in [0.1, 0.15) is 0 Å². The van der Waals surface area contributed by atoms with E-state index in [4.69, 9.17) is 0 Å². The summed E-state index contributed by atoms with van der Waals surface area (Å²) < 4.78 is 0. The second-order valence-electron chi connectivity index (χ2n) is 6.16. The summed E-state index contributed by atoms with van der Waals surface area (Å²) in [5, 5.41) is 9.49. The molecular weight excluding hydrogens is 186 g/mol. The molecule has 1 saturated heterocycles. The zero-order valence-corrected chi connectivity index (χ0v) is 10.2. The second-order valence-corrected chi connectivity index (χ2v) is 6.16. The Balaban J connectivity index is 1.80. The molecule has 0 unspecified atom stereocenters. The van der Waals surface area contributed by atoms with Crippen molar-refractivity contribution in [2.24, 2.45) is 5.41 Å². The third-order valence-corrected chi connectivity index (χ3v) is 4.33. The first-order chi connectivity index (χ1) is 7.07. The van der Waals surface area contributed by atoms with Crippen LogP contribution in [-0.4, -0.2) is 35.2 Å². The van der Waals surface area contributed by atoms with Gasteiger partial charge in [0.05, 0.1) is 6.10 Å². The molecular formula is C13H25NO. The maximum Gasteiger partial charge on any atom is 0.0541 e. The third-order valence-electron chi connectivity index (χ3n) is 4.33. The summed E-state index contributed by atoms with van der Waals surface area (Å²) >= 11 is 0. The molecule has 0 aromatic heterocycles. The molecule has 0 bridgehead atoms. The van der Waals surface area contributed by atoms with Gasteiger partial charge in [0.2, 0.25) is 0 Å². The van der Waals surface area contributed by atoms with Crippen LogP contribution < -0.4 is 0 Å². The molecule has 2 nitrogen and oxygen atoms in total. The Morgan fingerprint density at radius 2 is 1.53 bits per heavy atom. The highest BCUT2D eigenvalue weighted by atomic mass is 16.3. The molecule has 0 aromatic rings. The topological polar surface area (TPSA) is 23.5 Å². The highest BCUT2D eigenvalue weighted by Gasteiger charge is 2.30. The van der Waals surface area contributed by atoms with Gasteiger partial charge in [-0.05, 0) is 57.0 Å². The Hall–Kier alpha value is -0.0800. The molecule has 1 aliphatic heterocycles. The van der Waals surface area contributed by atoms with Crippen LogP contribution in [0.5, 0.6) is 0 Å². The summed E-state index contributed by atoms with van der Waals surface area (Å²) in [4.78, 5) is 2.66. The third kappa shape index (κ3) is 2.94. The van der Waals surface area contributed by atoms with E-state index >= 15 is 0 Å². The van der Waals surface area contributed by atoms with Crippen molar-refractivity contribution in [1.29, 1.82) is 0 Å². The number of hydrogen-bond acceptors (Lipinski definition) is 2. The number of piperidine rings is 1. The zero-order chi connectivity index (χ0) is 10.9. The van der Waals surface area contributed by atoms with Gasteiger partial charge in [-0.2, -0.15) is 0 Å². The second kappa shape index (κ2) is 4.42. The molecule has 0 atom stereocenters. The number of likely N-dealkylation sites (tertiary alicyclic amines) is 1. The van der Waals surface area contributed by atoms with Crippen molar-refractivity contribution in [2.75, 3.05) is 13.1 Å². The molecule has 2 aliphatic rings. The van der Waals surface area contributed by atoms with Crippen molar-refractivity contribution < 1.29 is 5.11 Å². The van der Waals surface area contributed by atoms with Crippen LogP contribution in [-0.2, 0) is 0 Å². The number of aliphatic hydroxyl groups excluding tert-OH is 1. The lowest BCUT2D eigenvalue weighted by molar-refractivity contribution is 0.0417. The monoisotopic (exact) mass is 211 g/mol. The SMILES string of the molecule is CC1(C)CCN(C2CCC(O)CC2)CC1. The van der Waals surface area contributed by atoms with Gasteiger partial charge in [-0.25, -0.2) is 0 Å². The van der Waals surface area contributed by atoms with Gasteiger partial charge in [-0.1, -0.05) is 13.8 Å². The summed E-state index contributed by atoms with van der Waals surface area (Å²) in [6.45, 7) is 7.31. The predicted molar refractivity (Wildman–Crippen MR) is 62.9 cm³/mol. The van der Waals surface area contributed by atoms with Crippen molar-refractivity contribution in [3.8, 4) is 0 Å². The molecule has 1 heterocycles. The first-order valence-electron chi connectivity index (χ1n) is 6.49. The zero-order valence-electron chi connectivity index (χ0n) is 10.2. The Morgan fingerprint density at radius 3 is 2.07 bits per heavy atom. The van der Waals surface area contributed by atoms with Gasteiger partial charge in [0, 0.05) is 6.04 Å². The number of aliphatic hydroxyl groups is 1. The van der Waals surface area contributed by atoms with Crippen LogP contribution in [0, 0.1) is 5.41 Å². The molecule has 0 amide bonds. The maximum absolute atomic E-state index is 9.49. The lowest BCUT2D eigenvalue weighted by Gasteiger charge is -2.42. The van der Waals surface area contributed by atoms with Crippen molar-refractivity contribution in [1.82, 2.24) is 4.90 Å². The Kier molecular flexibility index (Phi) is 3.36. The van der Waals surface area contributed by atoms with Crippen LogP contribution in [0.2, 0.25) is 0 Å². The molecule has 0 spiro atoms. The average molecular weight is 211 g/mol. The molecule has 15 heavy (non-hydrogen) atoms. The molecule has 2 rings (SSSR count). The molecule has 0 radical (unpaired) electrons. The van der Waals surface area contributed by atoms with E-state index in [2.05, 4.69) is 18.7 Å². The van der Waals surface area contributed by atoms with Crippen LogP contribution in [0.25, 0.3) is 0 Å². The number of rotatable bonds is 1. The van der Waals surface area contributed by atoms with E-state index in [-0.39, 0.29) is 6.10 Å². The van der Waals surface area contributed by atoms with Gasteiger partial charge in [0.25, 0.3) is 0 Å². The van der Waals surface area contributed by atoms with Crippen LogP contribution in [0.4, 0.5) is 0 Å². The molecule has 2 heteroatoms. The minimum absolute atomic E-state index is 0.0116. The van der Waals surface area contributed by atoms with E-state index in [1.54, 1.807) is 0 Å². The van der Waals surface area contributed by atoms with Crippen molar-refractivity contribution in [3.05, 3.63) is 0 Å². The molecule has 88 valence electrons. The summed E-state index contributed by atoms with van der Waals surface area (Å²) in [7, 11) is 0. The Morgan fingerprint density at radius 1 is 1.00 bits per heavy atom. The van der Waals surface area contributed by atoms with E-state index in [1.165, 1.54) is 38.8 Å². The van der Waals surface area contributed by atoms with Gasteiger partial charge < -0.3 is 10.0 Å². The Labute approximate surface area is 93.7 Å². The van der Waals surface area contributed by atoms with Gasteiger partial charge in [-0.15, -0.1) is 0 Å². The minimum atomic E-state index is -0.0116. The van der Waals surface area contributed by atoms with E-state index in [0.717, 1.165) is 18.9 Å². The van der Waals surface area contributed by atoms with Gasteiger partial charge >= 0.3 is 0 Å². The summed E-state index contributed by atoms with van der Waals surface area (Å²) in [5.41, 5.74) is 0.560. The van der Waals surface area contributed by atoms with E-state index in [9.17, 15) is 5.11 Å². The largest absolute Gasteiger partial charge is 0.393 e. The van der Waals surface area contributed by atoms with Crippen molar-refractivity contribution >= 4 is 0 Å². The van der Waals surface area contributed by atoms with Crippen LogP contribution in [0.3, 0.4) is 0 Å². The van der Waals surface area contributed by atoms with Gasteiger partial charge in [0.15, 0.2) is 0 Å². The average Bonchev–Trinajstić information content (AvgIpc) is 2.20. The quantitative estimate of drug-likeness (QED) is 0.720. The van der Waals surface area contributed by atoms with Crippen molar-refractivity contribution in [2.45, 2.75) is 64.5 Å². The van der Waals surface area contributed by atoms with Gasteiger partial charge in [-0.3, -0.25) is 0 Å². The Bertz CT molecular complexity index is 197. The smallest absolute Gasteiger partial charge is 0.0541 e. The summed E-state index contributed by atoms with van der Waals surface area (Å²) in [6.07, 6.45) is 7.12. The van der Waals surface area contributed by atoms with E-state index < -0.39 is 0 Å². The molecule has 1 N–H and O–H groups in total. The number of hydrogen-bond donors (Lipinski definition) is 1. The highest BCUT2D eigenvalue weighted by Crippen LogP contribution is 2.33. The lowest BCUT2D eigenvalue weighted by atomic mass is 9.81.